The smallest absolute Gasteiger partial charge is 0.241 e. The Hall–Kier alpha value is -1.86. The minimum atomic E-state index is -3.64. The van der Waals surface area contributed by atoms with Crippen LogP contribution in [0.4, 0.5) is 4.39 Å². The van der Waals surface area contributed by atoms with Crippen LogP contribution in [0.5, 0.6) is 0 Å². The molecule has 5 nitrogen and oxygen atoms in total. The number of benzene rings is 1. The molecule has 7 heteroatoms. The van der Waals surface area contributed by atoms with Crippen molar-refractivity contribution in [2.24, 2.45) is 0 Å². The highest BCUT2D eigenvalue weighted by Crippen LogP contribution is 2.24. The molecule has 0 aliphatic carbocycles. The summed E-state index contributed by atoms with van der Waals surface area (Å²) in [6.45, 7) is 3.97. The lowest BCUT2D eigenvalue weighted by atomic mass is 10.1. The molecule has 22 heavy (non-hydrogen) atoms. The third kappa shape index (κ3) is 2.62. The molecule has 2 aromatic rings. The maximum absolute atomic E-state index is 13.3. The molecule has 3 rings (SSSR count). The number of fused-ring (bicyclic) bond motifs is 1. The van der Waals surface area contributed by atoms with Crippen molar-refractivity contribution in [1.29, 1.82) is 0 Å². The largest absolute Gasteiger partial charge is 0.243 e. The molecule has 0 radical (unpaired) electrons. The summed E-state index contributed by atoms with van der Waals surface area (Å²) in [6.07, 6.45) is 2.23. The van der Waals surface area contributed by atoms with Crippen LogP contribution in [0.3, 0.4) is 0 Å². The Morgan fingerprint density at radius 1 is 1.27 bits per heavy atom. The number of rotatable bonds is 2. The van der Waals surface area contributed by atoms with Gasteiger partial charge in [0, 0.05) is 37.0 Å². The van der Waals surface area contributed by atoms with Gasteiger partial charge in [-0.15, -0.1) is 0 Å². The minimum Gasteiger partial charge on any atom is -0.241 e. The standard InChI is InChI=1S/C15H16FN3O2S/c1-10-7-13(3-4-14(10)16)22(20,21)19-6-5-15-12(9-19)8-17-11(2)18-15/h3-4,7-8H,5-6,9H2,1-2H3. The highest BCUT2D eigenvalue weighted by molar-refractivity contribution is 7.89. The summed E-state index contributed by atoms with van der Waals surface area (Å²) in [5, 5.41) is 0. The monoisotopic (exact) mass is 321 g/mol. The zero-order valence-corrected chi connectivity index (χ0v) is 13.2. The average molecular weight is 321 g/mol. The average Bonchev–Trinajstić information content (AvgIpc) is 2.49. The second-order valence-corrected chi connectivity index (χ2v) is 7.33. The zero-order chi connectivity index (χ0) is 15.9. The molecule has 0 spiro atoms. The SMILES string of the molecule is Cc1ncc2c(n1)CCN(S(=O)(=O)c1ccc(F)c(C)c1)C2. The van der Waals surface area contributed by atoms with Gasteiger partial charge in [0.1, 0.15) is 11.6 Å². The first-order chi connectivity index (χ1) is 10.4. The summed E-state index contributed by atoms with van der Waals surface area (Å²) in [6, 6.07) is 3.86. The van der Waals surface area contributed by atoms with E-state index in [-0.39, 0.29) is 11.4 Å². The van der Waals surface area contributed by atoms with Gasteiger partial charge in [-0.3, -0.25) is 0 Å². The van der Waals surface area contributed by atoms with E-state index in [2.05, 4.69) is 9.97 Å². The maximum Gasteiger partial charge on any atom is 0.243 e. The lowest BCUT2D eigenvalue weighted by molar-refractivity contribution is 0.386. The first-order valence-electron chi connectivity index (χ1n) is 6.95. The van der Waals surface area contributed by atoms with Gasteiger partial charge in [0.2, 0.25) is 10.0 Å². The van der Waals surface area contributed by atoms with Crippen molar-refractivity contribution in [1.82, 2.24) is 14.3 Å². The van der Waals surface area contributed by atoms with E-state index in [1.54, 1.807) is 13.1 Å². The maximum atomic E-state index is 13.3. The number of aromatic nitrogens is 2. The van der Waals surface area contributed by atoms with Gasteiger partial charge in [0.05, 0.1) is 4.90 Å². The lowest BCUT2D eigenvalue weighted by Crippen LogP contribution is -2.36. The van der Waals surface area contributed by atoms with E-state index in [4.69, 9.17) is 0 Å². The van der Waals surface area contributed by atoms with Crippen LogP contribution in [0.15, 0.2) is 29.3 Å². The van der Waals surface area contributed by atoms with Crippen LogP contribution in [-0.4, -0.2) is 29.2 Å². The highest BCUT2D eigenvalue weighted by Gasteiger charge is 2.29. The van der Waals surface area contributed by atoms with E-state index in [0.29, 0.717) is 24.4 Å². The molecule has 1 aromatic carbocycles. The van der Waals surface area contributed by atoms with E-state index in [0.717, 1.165) is 11.3 Å². The van der Waals surface area contributed by atoms with Crippen molar-refractivity contribution in [3.05, 3.63) is 52.9 Å². The van der Waals surface area contributed by atoms with E-state index >= 15 is 0 Å². The quantitative estimate of drug-likeness (QED) is 0.848. The van der Waals surface area contributed by atoms with Crippen LogP contribution in [0.1, 0.15) is 22.6 Å². The topological polar surface area (TPSA) is 63.2 Å². The van der Waals surface area contributed by atoms with Crippen LogP contribution >= 0.6 is 0 Å². The van der Waals surface area contributed by atoms with E-state index < -0.39 is 15.8 Å². The molecular formula is C15H16FN3O2S. The van der Waals surface area contributed by atoms with Crippen molar-refractivity contribution in [2.45, 2.75) is 31.7 Å². The van der Waals surface area contributed by atoms with Gasteiger partial charge in [0.15, 0.2) is 0 Å². The zero-order valence-electron chi connectivity index (χ0n) is 12.4. The number of halogens is 1. The van der Waals surface area contributed by atoms with Crippen molar-refractivity contribution in [3.63, 3.8) is 0 Å². The second-order valence-electron chi connectivity index (χ2n) is 5.39. The Labute approximate surface area is 128 Å². The summed E-state index contributed by atoms with van der Waals surface area (Å²) in [5.41, 5.74) is 2.03. The predicted molar refractivity (Wildman–Crippen MR) is 79.2 cm³/mol. The van der Waals surface area contributed by atoms with Crippen LogP contribution in [0.25, 0.3) is 0 Å². The molecule has 0 atom stereocenters. The third-order valence-electron chi connectivity index (χ3n) is 3.79. The third-order valence-corrected chi connectivity index (χ3v) is 5.63. The van der Waals surface area contributed by atoms with Gasteiger partial charge in [-0.05, 0) is 37.6 Å². The molecule has 1 aliphatic rings. The summed E-state index contributed by atoms with van der Waals surface area (Å²) >= 11 is 0. The van der Waals surface area contributed by atoms with Crippen LogP contribution in [0.2, 0.25) is 0 Å². The van der Waals surface area contributed by atoms with Gasteiger partial charge in [-0.1, -0.05) is 0 Å². The van der Waals surface area contributed by atoms with Gasteiger partial charge in [-0.25, -0.2) is 22.8 Å². The Morgan fingerprint density at radius 3 is 2.77 bits per heavy atom. The number of sulfonamides is 1. The fourth-order valence-corrected chi connectivity index (χ4v) is 4.03. The molecular weight excluding hydrogens is 305 g/mol. The van der Waals surface area contributed by atoms with Crippen molar-refractivity contribution in [3.8, 4) is 0 Å². The summed E-state index contributed by atoms with van der Waals surface area (Å²) in [7, 11) is -3.64. The normalized spacial score (nSPS) is 15.6. The van der Waals surface area contributed by atoms with Crippen molar-refractivity contribution in [2.75, 3.05) is 6.54 Å². The van der Waals surface area contributed by atoms with E-state index in [1.807, 2.05) is 6.92 Å². The molecule has 0 N–H and O–H groups in total. The van der Waals surface area contributed by atoms with Crippen molar-refractivity contribution < 1.29 is 12.8 Å². The molecule has 0 fully saturated rings. The number of aryl methyl sites for hydroxylation is 2. The number of nitrogens with zero attached hydrogens (tertiary/aromatic N) is 3. The number of hydrogen-bond acceptors (Lipinski definition) is 4. The van der Waals surface area contributed by atoms with Crippen LogP contribution < -0.4 is 0 Å². The Balaban J connectivity index is 1.94. The molecule has 0 bridgehead atoms. The van der Waals surface area contributed by atoms with Gasteiger partial charge in [0.25, 0.3) is 0 Å². The molecule has 0 unspecified atom stereocenters. The van der Waals surface area contributed by atoms with E-state index in [9.17, 15) is 12.8 Å². The van der Waals surface area contributed by atoms with Crippen molar-refractivity contribution >= 4 is 10.0 Å². The summed E-state index contributed by atoms with van der Waals surface area (Å²) in [4.78, 5) is 8.59. The molecule has 0 saturated heterocycles. The molecule has 0 saturated carbocycles. The number of hydrogen-bond donors (Lipinski definition) is 0. The molecule has 116 valence electrons. The van der Waals surface area contributed by atoms with Gasteiger partial charge < -0.3 is 0 Å². The summed E-state index contributed by atoms with van der Waals surface area (Å²) in [5.74, 6) is 0.274. The Kier molecular flexibility index (Phi) is 3.70. The minimum absolute atomic E-state index is 0.114. The first-order valence-corrected chi connectivity index (χ1v) is 8.39. The molecule has 2 heterocycles. The molecule has 0 amide bonds. The van der Waals surface area contributed by atoms with Gasteiger partial charge >= 0.3 is 0 Å². The molecule has 1 aliphatic heterocycles. The fourth-order valence-electron chi connectivity index (χ4n) is 2.52. The van der Waals surface area contributed by atoms with Crippen LogP contribution in [-0.2, 0) is 23.0 Å². The Morgan fingerprint density at radius 2 is 2.05 bits per heavy atom. The summed E-state index contributed by atoms with van der Waals surface area (Å²) < 4.78 is 40.1. The molecule has 1 aromatic heterocycles. The van der Waals surface area contributed by atoms with E-state index in [1.165, 1.54) is 22.5 Å². The van der Waals surface area contributed by atoms with Crippen LogP contribution in [0, 0.1) is 19.7 Å². The highest BCUT2D eigenvalue weighted by atomic mass is 32.2. The van der Waals surface area contributed by atoms with Gasteiger partial charge in [-0.2, -0.15) is 4.31 Å². The second kappa shape index (κ2) is 5.40. The Bertz CT molecular complexity index is 837. The fraction of sp³-hybridized carbons (Fsp3) is 0.333. The first kappa shape index (κ1) is 15.1. The lowest BCUT2D eigenvalue weighted by Gasteiger charge is -2.27. The predicted octanol–water partition coefficient (Wildman–Crippen LogP) is 1.98.